The van der Waals surface area contributed by atoms with Crippen LogP contribution in [0.2, 0.25) is 5.02 Å². The van der Waals surface area contributed by atoms with Crippen molar-refractivity contribution in [3.05, 3.63) is 53.2 Å². The van der Waals surface area contributed by atoms with E-state index in [9.17, 15) is 4.79 Å². The molecular weight excluding hydrogens is 394 g/mol. The Balaban J connectivity index is 1.44. The van der Waals surface area contributed by atoms with Crippen LogP contribution in [0, 0.1) is 11.8 Å². The largest absolute Gasteiger partial charge is 0.360 e. The molecule has 3 heterocycles. The summed E-state index contributed by atoms with van der Waals surface area (Å²) in [5.74, 6) is 1.95. The van der Waals surface area contributed by atoms with Crippen molar-refractivity contribution in [2.24, 2.45) is 16.8 Å². The van der Waals surface area contributed by atoms with Gasteiger partial charge in [0, 0.05) is 48.4 Å². The fourth-order valence-corrected chi connectivity index (χ4v) is 5.08. The number of rotatable bonds is 1. The summed E-state index contributed by atoms with van der Waals surface area (Å²) in [6.45, 7) is 8.93. The first-order valence-electron chi connectivity index (χ1n) is 11.3. The molecule has 0 aromatic heterocycles. The monoisotopic (exact) mass is 425 g/mol. The molecule has 30 heavy (non-hydrogen) atoms. The molecule has 5 heteroatoms. The van der Waals surface area contributed by atoms with Crippen molar-refractivity contribution in [2.75, 3.05) is 24.5 Å². The number of fused-ring (bicyclic) bond motifs is 1. The van der Waals surface area contributed by atoms with E-state index < -0.39 is 0 Å². The molecule has 0 saturated carbocycles. The van der Waals surface area contributed by atoms with Gasteiger partial charge in [-0.15, -0.1) is 0 Å². The van der Waals surface area contributed by atoms with Crippen LogP contribution >= 0.6 is 11.6 Å². The van der Waals surface area contributed by atoms with Gasteiger partial charge < -0.3 is 9.80 Å². The minimum Gasteiger partial charge on any atom is -0.360 e. The first kappa shape index (κ1) is 21.2. The smallest absolute Gasteiger partial charge is 0.230 e. The predicted octanol–water partition coefficient (Wildman–Crippen LogP) is 5.62. The third-order valence-corrected chi connectivity index (χ3v) is 6.94. The molecule has 1 fully saturated rings. The standard InChI is InChI=1S/C25H32ClN3O/c1-18-6-7-19(2)24(27-13-10-18)28-15-11-20(12-16-28)25(30)29-14-4-3-5-21-17-22(26)8-9-23(21)29/h8-10,13,17,19-20H,1,3-7,11-12,14-16H2,2H3/b13-10-,27-24?. The van der Waals surface area contributed by atoms with Crippen LogP contribution in [0.1, 0.15) is 51.0 Å². The molecule has 0 N–H and O–H groups in total. The van der Waals surface area contributed by atoms with Gasteiger partial charge in [0.15, 0.2) is 0 Å². The van der Waals surface area contributed by atoms with Crippen molar-refractivity contribution in [3.63, 3.8) is 0 Å². The Morgan fingerprint density at radius 1 is 1.13 bits per heavy atom. The summed E-state index contributed by atoms with van der Waals surface area (Å²) >= 11 is 6.21. The third-order valence-electron chi connectivity index (χ3n) is 6.70. The number of likely N-dealkylation sites (tertiary alicyclic amines) is 1. The molecule has 1 aromatic carbocycles. The van der Waals surface area contributed by atoms with E-state index in [4.69, 9.17) is 16.6 Å². The quantitative estimate of drug-likeness (QED) is 0.585. The zero-order valence-electron chi connectivity index (χ0n) is 17.9. The lowest BCUT2D eigenvalue weighted by molar-refractivity contribution is -0.123. The van der Waals surface area contributed by atoms with E-state index in [1.807, 2.05) is 35.4 Å². The lowest BCUT2D eigenvalue weighted by Crippen LogP contribution is -2.46. The van der Waals surface area contributed by atoms with Crippen molar-refractivity contribution >= 4 is 29.0 Å². The number of aliphatic imine (C=N–C) groups is 1. The van der Waals surface area contributed by atoms with Crippen LogP contribution in [-0.2, 0) is 11.2 Å². The van der Waals surface area contributed by atoms with Gasteiger partial charge in [-0.3, -0.25) is 4.79 Å². The Kier molecular flexibility index (Phi) is 6.62. The molecule has 0 bridgehead atoms. The molecule has 0 aliphatic carbocycles. The van der Waals surface area contributed by atoms with E-state index in [1.165, 1.54) is 11.4 Å². The second-order valence-electron chi connectivity index (χ2n) is 8.88. The summed E-state index contributed by atoms with van der Waals surface area (Å²) in [4.78, 5) is 22.6. The van der Waals surface area contributed by atoms with E-state index in [0.29, 0.717) is 5.92 Å². The van der Waals surface area contributed by atoms with Crippen molar-refractivity contribution in [2.45, 2.75) is 51.9 Å². The number of allylic oxidation sites excluding steroid dienone is 2. The van der Waals surface area contributed by atoms with E-state index in [1.54, 1.807) is 0 Å². The molecule has 0 spiro atoms. The summed E-state index contributed by atoms with van der Waals surface area (Å²) < 4.78 is 0. The Hall–Kier alpha value is -2.07. The van der Waals surface area contributed by atoms with Crippen molar-refractivity contribution < 1.29 is 4.79 Å². The minimum absolute atomic E-state index is 0.0858. The van der Waals surface area contributed by atoms with Crippen LogP contribution in [-0.4, -0.2) is 36.3 Å². The summed E-state index contributed by atoms with van der Waals surface area (Å²) in [6, 6.07) is 5.97. The van der Waals surface area contributed by atoms with Crippen LogP contribution in [0.5, 0.6) is 0 Å². The normalized spacial score (nSPS) is 24.4. The Labute approximate surface area is 185 Å². The first-order valence-corrected chi connectivity index (χ1v) is 11.7. The number of hydrogen-bond acceptors (Lipinski definition) is 3. The highest BCUT2D eigenvalue weighted by Gasteiger charge is 2.32. The average Bonchev–Trinajstić information content (AvgIpc) is 2.95. The third kappa shape index (κ3) is 4.64. The number of piperidine rings is 1. The average molecular weight is 426 g/mol. The number of aryl methyl sites for hydroxylation is 1. The zero-order chi connectivity index (χ0) is 21.1. The minimum atomic E-state index is 0.0858. The van der Waals surface area contributed by atoms with E-state index >= 15 is 0 Å². The highest BCUT2D eigenvalue weighted by Crippen LogP contribution is 2.32. The van der Waals surface area contributed by atoms with E-state index in [-0.39, 0.29) is 11.8 Å². The number of carbonyl (C=O) groups excluding carboxylic acids is 1. The van der Waals surface area contributed by atoms with Gasteiger partial charge in [-0.1, -0.05) is 30.7 Å². The van der Waals surface area contributed by atoms with Crippen molar-refractivity contribution in [3.8, 4) is 0 Å². The molecule has 1 amide bonds. The number of anilines is 1. The molecule has 1 unspecified atom stereocenters. The Morgan fingerprint density at radius 2 is 1.93 bits per heavy atom. The summed E-state index contributed by atoms with van der Waals surface area (Å²) in [5.41, 5.74) is 3.41. The number of benzene rings is 1. The van der Waals surface area contributed by atoms with Gasteiger partial charge in [0.1, 0.15) is 5.84 Å². The lowest BCUT2D eigenvalue weighted by Gasteiger charge is -2.37. The Bertz CT molecular complexity index is 867. The van der Waals surface area contributed by atoms with Crippen LogP contribution in [0.3, 0.4) is 0 Å². The van der Waals surface area contributed by atoms with Gasteiger partial charge in [-0.25, -0.2) is 4.99 Å². The van der Waals surface area contributed by atoms with Gasteiger partial charge >= 0.3 is 0 Å². The number of carbonyl (C=O) groups is 1. The zero-order valence-corrected chi connectivity index (χ0v) is 18.7. The molecule has 1 saturated heterocycles. The van der Waals surface area contributed by atoms with Gasteiger partial charge in [0.25, 0.3) is 0 Å². The maximum absolute atomic E-state index is 13.5. The molecule has 4 nitrogen and oxygen atoms in total. The summed E-state index contributed by atoms with van der Waals surface area (Å²) in [5, 5.41) is 0.753. The number of nitrogens with zero attached hydrogens (tertiary/aromatic N) is 3. The van der Waals surface area contributed by atoms with Crippen LogP contribution in [0.15, 0.2) is 47.6 Å². The topological polar surface area (TPSA) is 35.9 Å². The fourth-order valence-electron chi connectivity index (χ4n) is 4.88. The SMILES string of the molecule is C=C1/C=C\N=C(N2CCC(C(=O)N3CCCCc4cc(Cl)ccc43)CC2)C(C)CC1. The maximum Gasteiger partial charge on any atom is 0.230 e. The second-order valence-corrected chi connectivity index (χ2v) is 9.32. The van der Waals surface area contributed by atoms with Crippen LogP contribution in [0.4, 0.5) is 5.69 Å². The van der Waals surface area contributed by atoms with Gasteiger partial charge in [0.05, 0.1) is 0 Å². The molecule has 1 atom stereocenters. The lowest BCUT2D eigenvalue weighted by atomic mass is 9.92. The van der Waals surface area contributed by atoms with Crippen molar-refractivity contribution in [1.29, 1.82) is 0 Å². The first-order chi connectivity index (χ1) is 14.5. The number of amidine groups is 1. The maximum atomic E-state index is 13.5. The summed E-state index contributed by atoms with van der Waals surface area (Å²) in [7, 11) is 0. The van der Waals surface area contributed by atoms with Gasteiger partial charge in [-0.2, -0.15) is 0 Å². The summed E-state index contributed by atoms with van der Waals surface area (Å²) in [6.07, 6.45) is 10.9. The number of hydrogen-bond donors (Lipinski definition) is 0. The van der Waals surface area contributed by atoms with Crippen LogP contribution in [0.25, 0.3) is 0 Å². The van der Waals surface area contributed by atoms with E-state index in [0.717, 1.165) is 80.9 Å². The highest BCUT2D eigenvalue weighted by molar-refractivity contribution is 6.30. The molecular formula is C25H32ClN3O. The fraction of sp³-hybridized carbons (Fsp3) is 0.520. The second kappa shape index (κ2) is 9.38. The molecule has 3 aliphatic rings. The molecule has 1 aromatic rings. The number of amides is 1. The van der Waals surface area contributed by atoms with E-state index in [2.05, 4.69) is 18.4 Å². The highest BCUT2D eigenvalue weighted by atomic mass is 35.5. The number of halogens is 1. The van der Waals surface area contributed by atoms with Gasteiger partial charge in [-0.05, 0) is 74.8 Å². The molecule has 160 valence electrons. The van der Waals surface area contributed by atoms with Crippen LogP contribution < -0.4 is 4.90 Å². The van der Waals surface area contributed by atoms with Gasteiger partial charge in [0.2, 0.25) is 5.91 Å². The Morgan fingerprint density at radius 3 is 2.73 bits per heavy atom. The van der Waals surface area contributed by atoms with Crippen molar-refractivity contribution in [1.82, 2.24) is 4.90 Å². The molecule has 0 radical (unpaired) electrons. The molecule has 3 aliphatic heterocycles. The molecule has 4 rings (SSSR count). The predicted molar refractivity (Wildman–Crippen MR) is 125 cm³/mol.